The van der Waals surface area contributed by atoms with Gasteiger partial charge in [0.1, 0.15) is 0 Å². The molecule has 1 aromatic carbocycles. The molecule has 1 fully saturated rings. The molecule has 0 amide bonds. The van der Waals surface area contributed by atoms with Crippen LogP contribution in [-0.4, -0.2) is 29.1 Å². The van der Waals surface area contributed by atoms with Crippen molar-refractivity contribution in [2.45, 2.75) is 46.1 Å². The summed E-state index contributed by atoms with van der Waals surface area (Å²) in [6.07, 6.45) is 2.57. The molecule has 1 aromatic rings. The van der Waals surface area contributed by atoms with E-state index < -0.39 is 11.9 Å². The highest BCUT2D eigenvalue weighted by Crippen LogP contribution is 2.29. The predicted molar refractivity (Wildman–Crippen MR) is 80.8 cm³/mol. The molecule has 3 nitrogen and oxygen atoms in total. The second kappa shape index (κ2) is 5.96. The lowest BCUT2D eigenvalue weighted by Gasteiger charge is -2.38. The molecule has 1 N–H and O–H groups in total. The highest BCUT2D eigenvalue weighted by molar-refractivity contribution is 5.75. The van der Waals surface area contributed by atoms with Gasteiger partial charge in [-0.2, -0.15) is 0 Å². The maximum Gasteiger partial charge on any atom is 0.310 e. The van der Waals surface area contributed by atoms with E-state index in [-0.39, 0.29) is 0 Å². The van der Waals surface area contributed by atoms with Crippen LogP contribution in [0.4, 0.5) is 0 Å². The van der Waals surface area contributed by atoms with Crippen molar-refractivity contribution >= 4 is 5.97 Å². The van der Waals surface area contributed by atoms with E-state index in [1.165, 1.54) is 18.4 Å². The number of carbonyl (C=O) groups is 1. The Bertz CT molecular complexity index is 464. The second-order valence-electron chi connectivity index (χ2n) is 6.78. The number of hydrogen-bond donors (Lipinski definition) is 1. The summed E-state index contributed by atoms with van der Waals surface area (Å²) < 4.78 is 0. The highest BCUT2D eigenvalue weighted by atomic mass is 16.4. The summed E-state index contributed by atoms with van der Waals surface area (Å²) in [7, 11) is 0. The number of likely N-dealkylation sites (tertiary alicyclic amines) is 1. The van der Waals surface area contributed by atoms with Crippen molar-refractivity contribution in [3.8, 4) is 0 Å². The zero-order chi connectivity index (χ0) is 14.8. The number of carboxylic acids is 1. The lowest BCUT2D eigenvalue weighted by Crippen LogP contribution is -2.39. The number of benzene rings is 1. The zero-order valence-corrected chi connectivity index (χ0v) is 12.7. The molecule has 1 aliphatic heterocycles. The smallest absolute Gasteiger partial charge is 0.310 e. The lowest BCUT2D eigenvalue weighted by molar-refractivity contribution is -0.138. The Balaban J connectivity index is 1.99. The van der Waals surface area contributed by atoms with Gasteiger partial charge in [0.15, 0.2) is 0 Å². The average Bonchev–Trinajstić information content (AvgIpc) is 2.37. The Hall–Kier alpha value is -1.35. The van der Waals surface area contributed by atoms with Gasteiger partial charge in [0.25, 0.3) is 0 Å². The van der Waals surface area contributed by atoms with Crippen molar-refractivity contribution in [3.05, 3.63) is 35.4 Å². The van der Waals surface area contributed by atoms with Gasteiger partial charge in [-0.25, -0.2) is 0 Å². The van der Waals surface area contributed by atoms with Gasteiger partial charge in [-0.3, -0.25) is 9.69 Å². The van der Waals surface area contributed by atoms with Crippen LogP contribution in [0.1, 0.15) is 50.7 Å². The summed E-state index contributed by atoms with van der Waals surface area (Å²) in [6.45, 7) is 9.65. The largest absolute Gasteiger partial charge is 0.481 e. The third-order valence-electron chi connectivity index (χ3n) is 4.24. The number of piperidine rings is 1. The molecule has 0 radical (unpaired) electrons. The van der Waals surface area contributed by atoms with Crippen LogP contribution in [0.3, 0.4) is 0 Å². The molecular weight excluding hydrogens is 250 g/mol. The summed E-state index contributed by atoms with van der Waals surface area (Å²) in [5.74, 6) is -1.20. The molecule has 3 heteroatoms. The van der Waals surface area contributed by atoms with Gasteiger partial charge in [-0.15, -0.1) is 0 Å². The summed E-state index contributed by atoms with van der Waals surface area (Å²) in [6, 6.07) is 8.03. The first kappa shape index (κ1) is 15.0. The van der Waals surface area contributed by atoms with E-state index >= 15 is 0 Å². The van der Waals surface area contributed by atoms with Crippen molar-refractivity contribution < 1.29 is 9.90 Å². The van der Waals surface area contributed by atoms with E-state index in [4.69, 9.17) is 5.11 Å². The molecule has 1 saturated heterocycles. The van der Waals surface area contributed by atoms with E-state index in [2.05, 4.69) is 30.9 Å². The predicted octanol–water partition coefficient (Wildman–Crippen LogP) is 3.50. The van der Waals surface area contributed by atoms with Crippen molar-refractivity contribution in [2.24, 2.45) is 5.41 Å². The maximum atomic E-state index is 11.0. The Kier molecular flexibility index (Phi) is 4.48. The fraction of sp³-hybridized carbons (Fsp3) is 0.588. The first-order valence-corrected chi connectivity index (χ1v) is 7.41. The number of hydrogen-bond acceptors (Lipinski definition) is 2. The van der Waals surface area contributed by atoms with Gasteiger partial charge < -0.3 is 5.11 Å². The molecule has 1 unspecified atom stereocenters. The Morgan fingerprint density at radius 2 is 2.00 bits per heavy atom. The average molecular weight is 275 g/mol. The summed E-state index contributed by atoms with van der Waals surface area (Å²) in [5, 5.41) is 9.02. The van der Waals surface area contributed by atoms with Crippen LogP contribution in [0.5, 0.6) is 0 Å². The Morgan fingerprint density at radius 3 is 2.55 bits per heavy atom. The zero-order valence-electron chi connectivity index (χ0n) is 12.7. The summed E-state index contributed by atoms with van der Waals surface area (Å²) in [4.78, 5) is 13.5. The van der Waals surface area contributed by atoms with Crippen molar-refractivity contribution in [1.82, 2.24) is 4.90 Å². The van der Waals surface area contributed by atoms with Crippen LogP contribution in [-0.2, 0) is 11.3 Å². The van der Waals surface area contributed by atoms with Crippen LogP contribution >= 0.6 is 0 Å². The highest BCUT2D eigenvalue weighted by Gasteiger charge is 2.26. The first-order valence-electron chi connectivity index (χ1n) is 7.41. The third-order valence-corrected chi connectivity index (χ3v) is 4.24. The standard InChI is InChI=1S/C17H25NO2/c1-13(16(19)20)15-7-5-14(6-8-15)11-18-10-4-9-17(2,3)12-18/h5-8,13H,4,9-12H2,1-3H3,(H,19,20). The van der Waals surface area contributed by atoms with Gasteiger partial charge in [-0.1, -0.05) is 38.1 Å². The molecule has 1 atom stereocenters. The van der Waals surface area contributed by atoms with Gasteiger partial charge in [0, 0.05) is 13.1 Å². The molecule has 0 bridgehead atoms. The molecule has 20 heavy (non-hydrogen) atoms. The molecule has 0 saturated carbocycles. The molecular formula is C17H25NO2. The molecule has 2 rings (SSSR count). The molecule has 0 aliphatic carbocycles. The van der Waals surface area contributed by atoms with E-state index in [1.807, 2.05) is 12.1 Å². The quantitative estimate of drug-likeness (QED) is 0.914. The lowest BCUT2D eigenvalue weighted by atomic mass is 9.84. The maximum absolute atomic E-state index is 11.0. The van der Waals surface area contributed by atoms with E-state index in [9.17, 15) is 4.79 Å². The fourth-order valence-corrected chi connectivity index (χ4v) is 2.99. The molecule has 110 valence electrons. The summed E-state index contributed by atoms with van der Waals surface area (Å²) in [5.41, 5.74) is 2.56. The van der Waals surface area contributed by atoms with Crippen molar-refractivity contribution in [2.75, 3.05) is 13.1 Å². The first-order chi connectivity index (χ1) is 9.37. The minimum absolute atomic E-state index is 0.413. The minimum Gasteiger partial charge on any atom is -0.481 e. The van der Waals surface area contributed by atoms with Crippen molar-refractivity contribution in [1.29, 1.82) is 0 Å². The molecule has 1 heterocycles. The van der Waals surface area contributed by atoms with Crippen LogP contribution in [0.25, 0.3) is 0 Å². The van der Waals surface area contributed by atoms with Gasteiger partial charge in [0.2, 0.25) is 0 Å². The van der Waals surface area contributed by atoms with E-state index in [0.29, 0.717) is 5.41 Å². The number of aliphatic carboxylic acids is 1. The molecule has 0 aromatic heterocycles. The molecule has 0 spiro atoms. The van der Waals surface area contributed by atoms with E-state index in [1.54, 1.807) is 6.92 Å². The van der Waals surface area contributed by atoms with Crippen LogP contribution in [0, 0.1) is 5.41 Å². The van der Waals surface area contributed by atoms with Gasteiger partial charge in [-0.05, 0) is 42.9 Å². The van der Waals surface area contributed by atoms with Gasteiger partial charge in [0.05, 0.1) is 5.92 Å². The topological polar surface area (TPSA) is 40.5 Å². The fourth-order valence-electron chi connectivity index (χ4n) is 2.99. The molecule has 1 aliphatic rings. The van der Waals surface area contributed by atoms with Crippen LogP contribution in [0.15, 0.2) is 24.3 Å². The third kappa shape index (κ3) is 3.83. The Labute approximate surface area is 121 Å². The van der Waals surface area contributed by atoms with E-state index in [0.717, 1.165) is 25.2 Å². The number of rotatable bonds is 4. The van der Waals surface area contributed by atoms with Crippen molar-refractivity contribution in [3.63, 3.8) is 0 Å². The number of carboxylic acid groups (broad SMARTS) is 1. The Morgan fingerprint density at radius 1 is 1.35 bits per heavy atom. The monoisotopic (exact) mass is 275 g/mol. The normalized spacial score (nSPS) is 20.6. The van der Waals surface area contributed by atoms with Crippen LogP contribution < -0.4 is 0 Å². The van der Waals surface area contributed by atoms with Gasteiger partial charge >= 0.3 is 5.97 Å². The summed E-state index contributed by atoms with van der Waals surface area (Å²) >= 11 is 0. The minimum atomic E-state index is -0.768. The second-order valence-corrected chi connectivity index (χ2v) is 6.78. The SMILES string of the molecule is CC(C(=O)O)c1ccc(CN2CCCC(C)(C)C2)cc1. The van der Waals surface area contributed by atoms with Crippen LogP contribution in [0.2, 0.25) is 0 Å². The number of nitrogens with zero attached hydrogens (tertiary/aromatic N) is 1.